The fraction of sp³-hybridized carbons (Fsp3) is 0.444. The van der Waals surface area contributed by atoms with Crippen molar-refractivity contribution in [2.24, 2.45) is 5.73 Å². The number of hydrogen-bond donors (Lipinski definition) is 1. The molecule has 0 radical (unpaired) electrons. The van der Waals surface area contributed by atoms with Crippen LogP contribution in [-0.4, -0.2) is 18.3 Å². The van der Waals surface area contributed by atoms with Crippen LogP contribution in [0.25, 0.3) is 0 Å². The normalized spacial score (nSPS) is 6.19. The molecule has 26 heavy (non-hydrogen) atoms. The molecule has 0 atom stereocenters. The summed E-state index contributed by atoms with van der Waals surface area (Å²) in [5, 5.41) is 16.7. The fourth-order valence-corrected chi connectivity index (χ4v) is 0.548. The number of nitriles is 1. The van der Waals surface area contributed by atoms with Crippen LogP contribution in [0.3, 0.4) is 0 Å². The van der Waals surface area contributed by atoms with Gasteiger partial charge in [-0.05, 0) is 33.1 Å². The van der Waals surface area contributed by atoms with E-state index in [-0.39, 0.29) is 111 Å². The molecule has 0 spiro atoms. The number of alkyl halides is 1. The first kappa shape index (κ1) is 46.0. The Kier molecular flexibility index (Phi) is 99.6. The quantitative estimate of drug-likeness (QED) is 0.0867. The van der Waals surface area contributed by atoms with E-state index in [9.17, 15) is 0 Å². The van der Waals surface area contributed by atoms with Crippen LogP contribution in [0.15, 0.2) is 49.6 Å². The Morgan fingerprint density at radius 3 is 1.69 bits per heavy atom. The van der Waals surface area contributed by atoms with Crippen LogP contribution in [0.4, 0.5) is 0 Å². The number of unbranched alkanes of at least 4 members (excludes halogenated alkanes) is 1. The van der Waals surface area contributed by atoms with Gasteiger partial charge in [-0.15, -0.1) is 19.7 Å². The van der Waals surface area contributed by atoms with Gasteiger partial charge in [-0.3, -0.25) is 4.79 Å². The van der Waals surface area contributed by atoms with E-state index < -0.39 is 0 Å². The van der Waals surface area contributed by atoms with Gasteiger partial charge in [0.05, 0.1) is 6.07 Å². The molecule has 0 fully saturated rings. The van der Waals surface area contributed by atoms with Crippen molar-refractivity contribution >= 4 is 22.4 Å². The predicted molar refractivity (Wildman–Crippen MR) is 106 cm³/mol. The van der Waals surface area contributed by atoms with Gasteiger partial charge in [0, 0.05) is 18.8 Å². The molecule has 5 nitrogen and oxygen atoms in total. The van der Waals surface area contributed by atoms with Gasteiger partial charge in [0.1, 0.15) is 0 Å². The molecule has 8 heteroatoms. The Hall–Kier alpha value is 1.59. The van der Waals surface area contributed by atoms with Crippen molar-refractivity contribution in [2.75, 3.05) is 11.9 Å². The van der Waals surface area contributed by atoms with Crippen LogP contribution in [0, 0.1) is 11.3 Å². The van der Waals surface area contributed by atoms with Crippen LogP contribution in [0.5, 0.6) is 0 Å². The molecular formula is C18H33BrK2N2O3. The maximum atomic E-state index is 8.64. The summed E-state index contributed by atoms with van der Waals surface area (Å²) < 4.78 is 0. The van der Waals surface area contributed by atoms with Crippen LogP contribution in [-0.2, 0) is 9.68 Å². The Labute approximate surface area is 255 Å². The summed E-state index contributed by atoms with van der Waals surface area (Å²) >= 11 is 3.21. The Bertz CT molecular complexity index is 346. The zero-order valence-electron chi connectivity index (χ0n) is 18.2. The van der Waals surface area contributed by atoms with Gasteiger partial charge < -0.3 is 17.3 Å². The third kappa shape index (κ3) is 138. The van der Waals surface area contributed by atoms with Crippen molar-refractivity contribution in [1.82, 2.24) is 0 Å². The second-order valence-electron chi connectivity index (χ2n) is 4.17. The van der Waals surface area contributed by atoms with Crippen molar-refractivity contribution in [3.05, 3.63) is 49.6 Å². The number of carbonyl (C=O) groups excluding carboxylic acids is 1. The first-order valence-corrected chi connectivity index (χ1v) is 8.21. The predicted octanol–water partition coefficient (Wildman–Crippen LogP) is -1.91. The first-order chi connectivity index (χ1) is 11.3. The van der Waals surface area contributed by atoms with Crippen molar-refractivity contribution in [3.8, 4) is 6.07 Å². The minimum Gasteiger partial charge on any atom is -1.00 e. The van der Waals surface area contributed by atoms with E-state index in [1.807, 2.05) is 13.0 Å². The summed E-state index contributed by atoms with van der Waals surface area (Å²) in [4.78, 5) is 11.2. The number of carbonyl (C=O) groups is 1. The van der Waals surface area contributed by atoms with Crippen LogP contribution in [0.2, 0.25) is 0 Å². The molecule has 0 amide bonds. The van der Waals surface area contributed by atoms with Crippen LogP contribution < -0.4 is 114 Å². The molecule has 2 N–H and O–H groups in total. The second kappa shape index (κ2) is 56.3. The number of rotatable bonds is 7. The van der Waals surface area contributed by atoms with Gasteiger partial charge in [-0.25, -0.2) is 0 Å². The Morgan fingerprint density at radius 1 is 1.27 bits per heavy atom. The van der Waals surface area contributed by atoms with Gasteiger partial charge in [-0.2, -0.15) is 5.26 Å². The molecule has 0 aliphatic heterocycles. The molecule has 0 heterocycles. The maximum Gasteiger partial charge on any atom is 1.00 e. The summed E-state index contributed by atoms with van der Waals surface area (Å²) in [5.74, 6) is 0. The summed E-state index contributed by atoms with van der Waals surface area (Å²) in [5.41, 5.74) is 7.35. The third-order valence-corrected chi connectivity index (χ3v) is 2.40. The molecular weight excluding hydrogens is 450 g/mol. The molecule has 0 saturated carbocycles. The second-order valence-corrected chi connectivity index (χ2v) is 4.73. The first-order valence-electron chi connectivity index (χ1n) is 7.08. The molecule has 0 aromatic rings. The smallest absolute Gasteiger partial charge is 1.00 e. The van der Waals surface area contributed by atoms with Crippen LogP contribution in [0.1, 0.15) is 41.5 Å². The summed E-state index contributed by atoms with van der Waals surface area (Å²) in [6.07, 6.45) is 7.07. The van der Waals surface area contributed by atoms with Gasteiger partial charge in [0.25, 0.3) is 6.47 Å². The summed E-state index contributed by atoms with van der Waals surface area (Å²) in [6, 6.07) is 1.75. The molecule has 0 unspecified atom stereocenters. The molecule has 0 aliphatic rings. The zero-order chi connectivity index (χ0) is 20.2. The molecule has 0 rings (SSSR count). The SMILES string of the molecule is C=C(C)CBr.C=CCCCC(=C)C.C=CCN.CC#N.O=CO[O-].[H-].[K+].[K+]. The third-order valence-electron chi connectivity index (χ3n) is 1.45. The summed E-state index contributed by atoms with van der Waals surface area (Å²) in [7, 11) is 0. The number of allylic oxidation sites excluding steroid dienone is 3. The van der Waals surface area contributed by atoms with Crippen molar-refractivity contribution < 1.29 is 119 Å². The van der Waals surface area contributed by atoms with Crippen LogP contribution >= 0.6 is 15.9 Å². The fourth-order valence-electron chi connectivity index (χ4n) is 0.548. The number of hydrogen-bond acceptors (Lipinski definition) is 5. The largest absolute Gasteiger partial charge is 1.00 e. The molecule has 0 aromatic heterocycles. The molecule has 142 valence electrons. The Balaban J connectivity index is -0.0000000283. The minimum absolute atomic E-state index is 0. The van der Waals surface area contributed by atoms with Crippen molar-refractivity contribution in [1.29, 1.82) is 5.26 Å². The van der Waals surface area contributed by atoms with E-state index in [4.69, 9.17) is 21.0 Å². The Morgan fingerprint density at radius 2 is 1.58 bits per heavy atom. The van der Waals surface area contributed by atoms with E-state index in [1.54, 1.807) is 12.1 Å². The number of nitrogens with two attached hydrogens (primary N) is 1. The van der Waals surface area contributed by atoms with Gasteiger partial charge in [0.2, 0.25) is 0 Å². The molecule has 0 aromatic carbocycles. The molecule has 0 bridgehead atoms. The van der Waals surface area contributed by atoms with E-state index in [0.717, 1.165) is 18.2 Å². The molecule has 0 aliphatic carbocycles. The number of halogens is 1. The van der Waals surface area contributed by atoms with Gasteiger partial charge in [0.15, 0.2) is 0 Å². The van der Waals surface area contributed by atoms with E-state index in [0.29, 0.717) is 6.54 Å². The van der Waals surface area contributed by atoms with E-state index >= 15 is 0 Å². The van der Waals surface area contributed by atoms with Gasteiger partial charge in [-0.1, -0.05) is 45.8 Å². The topological polar surface area (TPSA) is 99.2 Å². The number of nitrogens with zero attached hydrogens (tertiary/aromatic N) is 1. The van der Waals surface area contributed by atoms with Crippen molar-refractivity contribution in [3.63, 3.8) is 0 Å². The zero-order valence-corrected chi connectivity index (χ0v) is 25.1. The average molecular weight is 484 g/mol. The summed E-state index contributed by atoms with van der Waals surface area (Å²) in [6.45, 7) is 20.3. The standard InChI is InChI=1S/C8H14.C4H7Br.C3H7N.C2H3N.CH2O3.2K.H/c1-4-5-6-7-8(2)3;1-4(2)3-5;1-2-3-4;1-2-3;2-1-4-3;;;/h4H,1-2,5-7H2,3H3;1,3H2,2H3;2H,1,3-4H2;1H3;1,3H;;;/q;;;;;2*+1;-1/p-1. The van der Waals surface area contributed by atoms with Gasteiger partial charge >= 0.3 is 103 Å². The molecule has 0 saturated heterocycles. The average Bonchev–Trinajstić information content (AvgIpc) is 2.56. The van der Waals surface area contributed by atoms with Crippen molar-refractivity contribution in [2.45, 2.75) is 40.0 Å². The van der Waals surface area contributed by atoms with E-state index in [2.05, 4.69) is 54.1 Å². The monoisotopic (exact) mass is 482 g/mol. The van der Waals surface area contributed by atoms with E-state index in [1.165, 1.54) is 24.5 Å². The maximum absolute atomic E-state index is 8.64. The minimum atomic E-state index is -0.181.